The third kappa shape index (κ3) is 3.79. The number of carbonyl (C=O) groups excluding carboxylic acids is 1. The van der Waals surface area contributed by atoms with Gasteiger partial charge in [0.25, 0.3) is 0 Å². The molecule has 2 saturated carbocycles. The van der Waals surface area contributed by atoms with E-state index in [4.69, 9.17) is 4.74 Å². The maximum atomic E-state index is 12.7. The van der Waals surface area contributed by atoms with Crippen LogP contribution in [0.15, 0.2) is 24.3 Å². The first-order chi connectivity index (χ1) is 10.7. The summed E-state index contributed by atoms with van der Waals surface area (Å²) in [4.78, 5) is 12.1. The highest BCUT2D eigenvalue weighted by atomic mass is 19.1. The third-order valence-corrected chi connectivity index (χ3v) is 5.03. The normalized spacial score (nSPS) is 26.1. The molecule has 2 bridgehead atoms. The highest BCUT2D eigenvalue weighted by Crippen LogP contribution is 2.48. The van der Waals surface area contributed by atoms with E-state index < -0.39 is 0 Å². The van der Waals surface area contributed by atoms with Crippen LogP contribution < -0.4 is 10.1 Å². The van der Waals surface area contributed by atoms with Crippen LogP contribution in [0.4, 0.5) is 4.39 Å². The van der Waals surface area contributed by atoms with Gasteiger partial charge in [0.2, 0.25) is 5.91 Å². The SMILES string of the molecule is O=C(NCCCCOc1ccc(F)cc1)C1CC2CCC1C2. The van der Waals surface area contributed by atoms with Crippen LogP contribution in [-0.4, -0.2) is 19.1 Å². The fraction of sp³-hybridized carbons (Fsp3) is 0.611. The molecule has 120 valence electrons. The molecule has 3 atom stereocenters. The minimum absolute atomic E-state index is 0.254. The highest BCUT2D eigenvalue weighted by Gasteiger charge is 2.42. The van der Waals surface area contributed by atoms with Crippen LogP contribution in [0.5, 0.6) is 5.75 Å². The number of nitrogens with one attached hydrogen (secondary N) is 1. The molecular weight excluding hydrogens is 281 g/mol. The van der Waals surface area contributed by atoms with Gasteiger partial charge in [0.05, 0.1) is 6.61 Å². The van der Waals surface area contributed by atoms with Gasteiger partial charge in [-0.15, -0.1) is 0 Å². The Balaban J connectivity index is 1.26. The summed E-state index contributed by atoms with van der Waals surface area (Å²) in [6, 6.07) is 6.05. The standard InChI is InChI=1S/C18H24FNO2/c19-15-5-7-16(8-6-15)22-10-2-1-9-20-18(21)17-12-13-3-4-14(17)11-13/h5-8,13-14,17H,1-4,9-12H2,(H,20,21). The Labute approximate surface area is 131 Å². The minimum atomic E-state index is -0.254. The summed E-state index contributed by atoms with van der Waals surface area (Å²) in [7, 11) is 0. The second kappa shape index (κ2) is 7.12. The van der Waals surface area contributed by atoms with Crippen molar-refractivity contribution < 1.29 is 13.9 Å². The molecule has 0 heterocycles. The van der Waals surface area contributed by atoms with Gasteiger partial charge >= 0.3 is 0 Å². The molecule has 1 amide bonds. The summed E-state index contributed by atoms with van der Waals surface area (Å²) in [5.41, 5.74) is 0. The molecule has 1 aromatic rings. The lowest BCUT2D eigenvalue weighted by Gasteiger charge is -2.20. The maximum absolute atomic E-state index is 12.7. The van der Waals surface area contributed by atoms with Gasteiger partial charge in [-0.05, 0) is 68.2 Å². The van der Waals surface area contributed by atoms with Crippen molar-refractivity contribution in [2.24, 2.45) is 17.8 Å². The minimum Gasteiger partial charge on any atom is -0.494 e. The topological polar surface area (TPSA) is 38.3 Å². The van der Waals surface area contributed by atoms with Crippen molar-refractivity contribution in [2.75, 3.05) is 13.2 Å². The summed E-state index contributed by atoms with van der Waals surface area (Å²) in [5.74, 6) is 2.42. The van der Waals surface area contributed by atoms with E-state index in [1.54, 1.807) is 12.1 Å². The van der Waals surface area contributed by atoms with E-state index in [9.17, 15) is 9.18 Å². The van der Waals surface area contributed by atoms with Crippen molar-refractivity contribution in [1.29, 1.82) is 0 Å². The van der Waals surface area contributed by atoms with E-state index in [-0.39, 0.29) is 17.6 Å². The summed E-state index contributed by atoms with van der Waals surface area (Å²) < 4.78 is 18.3. The Hall–Kier alpha value is -1.58. The predicted molar refractivity (Wildman–Crippen MR) is 83.1 cm³/mol. The Morgan fingerprint density at radius 1 is 1.18 bits per heavy atom. The lowest BCUT2D eigenvalue weighted by atomic mass is 9.88. The molecule has 1 N–H and O–H groups in total. The number of hydrogen-bond donors (Lipinski definition) is 1. The van der Waals surface area contributed by atoms with E-state index in [0.29, 0.717) is 18.3 Å². The van der Waals surface area contributed by atoms with Crippen LogP contribution in [0.2, 0.25) is 0 Å². The maximum Gasteiger partial charge on any atom is 0.223 e. The van der Waals surface area contributed by atoms with E-state index in [2.05, 4.69) is 5.32 Å². The monoisotopic (exact) mass is 305 g/mol. The number of halogens is 1. The number of fused-ring (bicyclic) bond motifs is 2. The molecule has 22 heavy (non-hydrogen) atoms. The highest BCUT2D eigenvalue weighted by molar-refractivity contribution is 5.79. The first-order valence-corrected chi connectivity index (χ1v) is 8.38. The number of rotatable bonds is 7. The summed E-state index contributed by atoms with van der Waals surface area (Å²) in [5, 5.41) is 3.07. The molecule has 0 aromatic heterocycles. The molecule has 1 aromatic carbocycles. The van der Waals surface area contributed by atoms with Crippen molar-refractivity contribution in [2.45, 2.75) is 38.5 Å². The molecule has 0 spiro atoms. The molecule has 2 aliphatic carbocycles. The predicted octanol–water partition coefficient (Wildman–Crippen LogP) is 3.54. The van der Waals surface area contributed by atoms with Gasteiger partial charge in [-0.2, -0.15) is 0 Å². The average Bonchev–Trinajstić information content (AvgIpc) is 3.15. The zero-order chi connectivity index (χ0) is 15.4. The smallest absolute Gasteiger partial charge is 0.223 e. The fourth-order valence-corrected chi connectivity index (χ4v) is 3.86. The average molecular weight is 305 g/mol. The Kier molecular flexibility index (Phi) is 4.96. The zero-order valence-electron chi connectivity index (χ0n) is 12.9. The number of unbranched alkanes of at least 4 members (excludes halogenated alkanes) is 1. The molecule has 3 nitrogen and oxygen atoms in total. The first-order valence-electron chi connectivity index (χ1n) is 8.38. The van der Waals surface area contributed by atoms with Crippen LogP contribution in [0.25, 0.3) is 0 Å². The van der Waals surface area contributed by atoms with Gasteiger partial charge in [0, 0.05) is 12.5 Å². The largest absolute Gasteiger partial charge is 0.494 e. The summed E-state index contributed by atoms with van der Waals surface area (Å²) in [6.45, 7) is 1.31. The molecule has 0 radical (unpaired) electrons. The molecule has 0 saturated heterocycles. The Bertz CT molecular complexity index is 502. The number of amides is 1. The molecule has 4 heteroatoms. The van der Waals surface area contributed by atoms with Gasteiger partial charge < -0.3 is 10.1 Å². The third-order valence-electron chi connectivity index (χ3n) is 5.03. The number of ether oxygens (including phenoxy) is 1. The lowest BCUT2D eigenvalue weighted by molar-refractivity contribution is -0.126. The lowest BCUT2D eigenvalue weighted by Crippen LogP contribution is -2.34. The number of benzene rings is 1. The molecule has 2 fully saturated rings. The van der Waals surface area contributed by atoms with Gasteiger partial charge in [-0.3, -0.25) is 4.79 Å². The molecule has 3 rings (SSSR count). The second-order valence-electron chi connectivity index (χ2n) is 6.58. The first kappa shape index (κ1) is 15.3. The van der Waals surface area contributed by atoms with Crippen molar-refractivity contribution in [3.8, 4) is 5.75 Å². The van der Waals surface area contributed by atoms with Crippen LogP contribution in [-0.2, 0) is 4.79 Å². The Morgan fingerprint density at radius 2 is 2.00 bits per heavy atom. The van der Waals surface area contributed by atoms with Crippen LogP contribution in [0.1, 0.15) is 38.5 Å². The van der Waals surface area contributed by atoms with E-state index in [0.717, 1.165) is 31.7 Å². The van der Waals surface area contributed by atoms with E-state index in [1.807, 2.05) is 0 Å². The summed E-state index contributed by atoms with van der Waals surface area (Å²) in [6.07, 6.45) is 6.74. The van der Waals surface area contributed by atoms with Crippen molar-refractivity contribution in [3.05, 3.63) is 30.1 Å². The summed E-state index contributed by atoms with van der Waals surface area (Å²) >= 11 is 0. The van der Waals surface area contributed by atoms with Crippen LogP contribution >= 0.6 is 0 Å². The van der Waals surface area contributed by atoms with Gasteiger partial charge in [0.1, 0.15) is 11.6 Å². The molecule has 2 aliphatic rings. The molecule has 3 unspecified atom stereocenters. The zero-order valence-corrected chi connectivity index (χ0v) is 12.9. The van der Waals surface area contributed by atoms with Gasteiger partial charge in [0.15, 0.2) is 0 Å². The van der Waals surface area contributed by atoms with Crippen molar-refractivity contribution in [3.63, 3.8) is 0 Å². The fourth-order valence-electron chi connectivity index (χ4n) is 3.86. The van der Waals surface area contributed by atoms with Crippen LogP contribution in [0.3, 0.4) is 0 Å². The van der Waals surface area contributed by atoms with Crippen LogP contribution in [0, 0.1) is 23.6 Å². The quantitative estimate of drug-likeness (QED) is 0.783. The number of carbonyl (C=O) groups is 1. The van der Waals surface area contributed by atoms with Gasteiger partial charge in [-0.25, -0.2) is 4.39 Å². The second-order valence-corrected chi connectivity index (χ2v) is 6.58. The Morgan fingerprint density at radius 3 is 2.68 bits per heavy atom. The number of hydrogen-bond acceptors (Lipinski definition) is 2. The van der Waals surface area contributed by atoms with E-state index >= 15 is 0 Å². The van der Waals surface area contributed by atoms with Gasteiger partial charge in [-0.1, -0.05) is 6.42 Å². The van der Waals surface area contributed by atoms with Crippen molar-refractivity contribution in [1.82, 2.24) is 5.32 Å². The van der Waals surface area contributed by atoms with Crippen molar-refractivity contribution >= 4 is 5.91 Å². The molecule has 0 aliphatic heterocycles. The molecular formula is C18H24FNO2. The van der Waals surface area contributed by atoms with E-state index in [1.165, 1.54) is 31.4 Å².